The number of imide groups is 1. The summed E-state index contributed by atoms with van der Waals surface area (Å²) in [5.74, 6) is -1.33. The summed E-state index contributed by atoms with van der Waals surface area (Å²) in [5, 5.41) is 11.2. The van der Waals surface area contributed by atoms with Crippen molar-refractivity contribution in [2.75, 3.05) is 9.80 Å². The average molecular weight is 353 g/mol. The van der Waals surface area contributed by atoms with E-state index < -0.39 is 22.8 Å². The van der Waals surface area contributed by atoms with Gasteiger partial charge in [-0.3, -0.25) is 24.5 Å². The van der Waals surface area contributed by atoms with Gasteiger partial charge in [-0.1, -0.05) is 24.3 Å². The Labute approximate surface area is 148 Å². The summed E-state index contributed by atoms with van der Waals surface area (Å²) in [5.41, 5.74) is 0.0464. The maximum atomic E-state index is 13.0. The minimum absolute atomic E-state index is 0.0835. The minimum atomic E-state index is -0.797. The first-order valence-electron chi connectivity index (χ1n) is 7.89. The van der Waals surface area contributed by atoms with Gasteiger partial charge in [0.2, 0.25) is 12.3 Å². The largest absolute Gasteiger partial charge is 0.310 e. The van der Waals surface area contributed by atoms with E-state index >= 15 is 0 Å². The average Bonchev–Trinajstić information content (AvgIpc) is 2.73. The molecule has 1 aliphatic rings. The van der Waals surface area contributed by atoms with Crippen LogP contribution in [0.3, 0.4) is 0 Å². The number of benzene rings is 2. The Morgan fingerprint density at radius 1 is 1.15 bits per heavy atom. The predicted octanol–water partition coefficient (Wildman–Crippen LogP) is 2.52. The number of carbonyl (C=O) groups excluding carboxylic acids is 3. The van der Waals surface area contributed by atoms with E-state index in [4.69, 9.17) is 0 Å². The number of para-hydroxylation sites is 3. The molecule has 0 fully saturated rings. The predicted molar refractivity (Wildman–Crippen MR) is 94.0 cm³/mol. The zero-order valence-corrected chi connectivity index (χ0v) is 13.9. The van der Waals surface area contributed by atoms with Crippen molar-refractivity contribution in [3.8, 4) is 0 Å². The van der Waals surface area contributed by atoms with E-state index in [9.17, 15) is 24.5 Å². The smallest absolute Gasteiger partial charge is 0.282 e. The highest BCUT2D eigenvalue weighted by atomic mass is 16.6. The van der Waals surface area contributed by atoms with E-state index in [0.29, 0.717) is 12.1 Å². The summed E-state index contributed by atoms with van der Waals surface area (Å²) in [4.78, 5) is 50.2. The van der Waals surface area contributed by atoms with Gasteiger partial charge >= 0.3 is 0 Å². The molecule has 0 saturated heterocycles. The number of rotatable bonds is 3. The summed E-state index contributed by atoms with van der Waals surface area (Å²) >= 11 is 0. The number of hydrogen-bond donors (Lipinski definition) is 0. The van der Waals surface area contributed by atoms with Crippen LogP contribution < -0.4 is 9.80 Å². The minimum Gasteiger partial charge on any atom is -0.310 e. The second-order valence-corrected chi connectivity index (χ2v) is 5.86. The van der Waals surface area contributed by atoms with Crippen molar-refractivity contribution in [2.24, 2.45) is 0 Å². The lowest BCUT2D eigenvalue weighted by Crippen LogP contribution is -2.38. The molecule has 0 spiro atoms. The molecule has 2 aromatic carbocycles. The van der Waals surface area contributed by atoms with Crippen molar-refractivity contribution in [1.82, 2.24) is 0 Å². The Morgan fingerprint density at radius 3 is 2.42 bits per heavy atom. The Bertz CT molecular complexity index is 911. The second kappa shape index (κ2) is 6.75. The van der Waals surface area contributed by atoms with Gasteiger partial charge in [-0.15, -0.1) is 0 Å². The highest BCUT2D eigenvalue weighted by Gasteiger charge is 2.36. The van der Waals surface area contributed by atoms with Crippen molar-refractivity contribution in [3.05, 3.63) is 64.2 Å². The summed E-state index contributed by atoms with van der Waals surface area (Å²) in [6.45, 7) is 1.70. The van der Waals surface area contributed by atoms with Crippen LogP contribution in [0.25, 0.3) is 0 Å². The van der Waals surface area contributed by atoms with Crippen molar-refractivity contribution in [3.63, 3.8) is 0 Å². The molecule has 3 amide bonds. The van der Waals surface area contributed by atoms with Gasteiger partial charge in [0, 0.05) is 18.5 Å². The second-order valence-electron chi connectivity index (χ2n) is 5.86. The van der Waals surface area contributed by atoms with Gasteiger partial charge in [-0.05, 0) is 25.1 Å². The zero-order chi connectivity index (χ0) is 18.8. The van der Waals surface area contributed by atoms with Crippen molar-refractivity contribution < 1.29 is 19.3 Å². The molecule has 0 bridgehead atoms. The quantitative estimate of drug-likeness (QED) is 0.365. The maximum absolute atomic E-state index is 13.0. The molecule has 3 rings (SSSR count). The third kappa shape index (κ3) is 2.81. The summed E-state index contributed by atoms with van der Waals surface area (Å²) < 4.78 is 0. The molecule has 26 heavy (non-hydrogen) atoms. The molecule has 0 aliphatic carbocycles. The molecule has 1 unspecified atom stereocenters. The van der Waals surface area contributed by atoms with Crippen LogP contribution in [-0.2, 0) is 9.59 Å². The number of hydrogen-bond acceptors (Lipinski definition) is 5. The van der Waals surface area contributed by atoms with E-state index in [2.05, 4.69) is 0 Å². The molecule has 0 saturated carbocycles. The van der Waals surface area contributed by atoms with Crippen molar-refractivity contribution >= 4 is 35.3 Å². The fourth-order valence-corrected chi connectivity index (χ4v) is 3.00. The number of anilines is 2. The molecule has 1 atom stereocenters. The first kappa shape index (κ1) is 17.3. The van der Waals surface area contributed by atoms with Crippen LogP contribution in [-0.4, -0.2) is 29.2 Å². The van der Waals surface area contributed by atoms with Gasteiger partial charge in [0.05, 0.1) is 16.3 Å². The lowest BCUT2D eigenvalue weighted by atomic mass is 10.1. The van der Waals surface area contributed by atoms with Crippen LogP contribution in [0.2, 0.25) is 0 Å². The van der Waals surface area contributed by atoms with Crippen LogP contribution in [0, 0.1) is 10.1 Å². The first-order chi connectivity index (χ1) is 12.5. The summed E-state index contributed by atoms with van der Waals surface area (Å²) in [6, 6.07) is 11.5. The molecule has 8 heteroatoms. The number of carbonyl (C=O) groups is 3. The number of nitrogens with zero attached hydrogens (tertiary/aromatic N) is 3. The van der Waals surface area contributed by atoms with Crippen LogP contribution in [0.4, 0.5) is 17.1 Å². The Kier molecular flexibility index (Phi) is 4.49. The van der Waals surface area contributed by atoms with Crippen LogP contribution >= 0.6 is 0 Å². The van der Waals surface area contributed by atoms with E-state index in [1.54, 1.807) is 25.1 Å². The van der Waals surface area contributed by atoms with Crippen LogP contribution in [0.5, 0.6) is 0 Å². The monoisotopic (exact) mass is 353 g/mol. The molecule has 0 radical (unpaired) electrons. The molecule has 0 aromatic heterocycles. The Balaban J connectivity index is 2.17. The van der Waals surface area contributed by atoms with Crippen molar-refractivity contribution in [2.45, 2.75) is 19.4 Å². The zero-order valence-electron chi connectivity index (χ0n) is 13.9. The van der Waals surface area contributed by atoms with Gasteiger partial charge in [0.25, 0.3) is 11.6 Å². The van der Waals surface area contributed by atoms with Gasteiger partial charge in [0.1, 0.15) is 5.56 Å². The van der Waals surface area contributed by atoms with E-state index in [1.807, 2.05) is 0 Å². The third-order valence-electron chi connectivity index (χ3n) is 4.24. The summed E-state index contributed by atoms with van der Waals surface area (Å²) in [6.07, 6.45) is 0.523. The van der Waals surface area contributed by atoms with Gasteiger partial charge < -0.3 is 4.90 Å². The normalized spacial score (nSPS) is 16.7. The highest BCUT2D eigenvalue weighted by molar-refractivity contribution is 6.24. The van der Waals surface area contributed by atoms with Crippen LogP contribution in [0.15, 0.2) is 48.5 Å². The molecule has 1 aliphatic heterocycles. The number of nitro benzene ring substituents is 1. The fraction of sp³-hybridized carbons (Fsp3) is 0.167. The topological polar surface area (TPSA) is 101 Å². The standard InChI is InChI=1S/C18H15N3O5/c1-12-10-17(23)20(16-9-5-4-8-15(16)19(12)11-22)18(24)13-6-2-3-7-14(13)21(25)26/h2-9,11-12H,10H2,1H3. The molecular weight excluding hydrogens is 338 g/mol. The van der Waals surface area contributed by atoms with Crippen LogP contribution in [0.1, 0.15) is 23.7 Å². The number of nitro groups is 1. The van der Waals surface area contributed by atoms with Gasteiger partial charge in [-0.25, -0.2) is 4.90 Å². The SMILES string of the molecule is CC1CC(=O)N(C(=O)c2ccccc2[N+](=O)[O-])c2ccccc2N1C=O. The first-order valence-corrected chi connectivity index (χ1v) is 7.89. The van der Waals surface area contributed by atoms with Gasteiger partial charge in [0.15, 0.2) is 0 Å². The molecular formula is C18H15N3O5. The lowest BCUT2D eigenvalue weighted by Gasteiger charge is -2.23. The molecule has 2 aromatic rings. The fourth-order valence-electron chi connectivity index (χ4n) is 3.00. The van der Waals surface area contributed by atoms with E-state index in [-0.39, 0.29) is 23.4 Å². The maximum Gasteiger partial charge on any atom is 0.282 e. The lowest BCUT2D eigenvalue weighted by molar-refractivity contribution is -0.385. The Hall–Kier alpha value is -3.55. The molecule has 8 nitrogen and oxygen atoms in total. The van der Waals surface area contributed by atoms with Crippen molar-refractivity contribution in [1.29, 1.82) is 0 Å². The number of amides is 3. The third-order valence-corrected chi connectivity index (χ3v) is 4.24. The van der Waals surface area contributed by atoms with E-state index in [1.165, 1.54) is 35.2 Å². The Morgan fingerprint density at radius 2 is 1.77 bits per heavy atom. The number of fused-ring (bicyclic) bond motifs is 1. The highest BCUT2D eigenvalue weighted by Crippen LogP contribution is 2.35. The van der Waals surface area contributed by atoms with E-state index in [0.717, 1.165) is 4.90 Å². The molecule has 132 valence electrons. The summed E-state index contributed by atoms with van der Waals surface area (Å²) in [7, 11) is 0. The van der Waals surface area contributed by atoms with Gasteiger partial charge in [-0.2, -0.15) is 0 Å². The molecule has 1 heterocycles. The molecule has 0 N–H and O–H groups in total.